The smallest absolute Gasteiger partial charge is 0.276 e. The van der Waals surface area contributed by atoms with E-state index in [1.807, 2.05) is 0 Å². The molecule has 0 aromatic carbocycles. The van der Waals surface area contributed by atoms with Gasteiger partial charge in [-0.05, 0) is 0 Å². The van der Waals surface area contributed by atoms with Crippen LogP contribution in [0.4, 0.5) is 0 Å². The van der Waals surface area contributed by atoms with Crippen molar-refractivity contribution in [1.82, 2.24) is 14.5 Å². The maximum atomic E-state index is 11.0. The zero-order valence-corrected chi connectivity index (χ0v) is 11.3. The lowest BCUT2D eigenvalue weighted by atomic mass is 10.1. The van der Waals surface area contributed by atoms with Crippen LogP contribution in [0.3, 0.4) is 0 Å². The minimum absolute atomic E-state index is 0. The van der Waals surface area contributed by atoms with Gasteiger partial charge in [0.05, 0.1) is 0 Å². The Kier molecular flexibility index (Phi) is 6.49. The normalized spacial score (nSPS) is 24.1. The van der Waals surface area contributed by atoms with Gasteiger partial charge in [-0.15, -0.1) is 24.8 Å². The molecule has 9 heteroatoms. The zero-order chi connectivity index (χ0) is 10.2. The Morgan fingerprint density at radius 2 is 1.56 bits per heavy atom. The van der Waals surface area contributed by atoms with Crippen molar-refractivity contribution in [2.45, 2.75) is 6.04 Å². The Morgan fingerprint density at radius 1 is 1.06 bits per heavy atom. The highest BCUT2D eigenvalue weighted by Crippen LogP contribution is 2.10. The molecule has 6 nitrogen and oxygen atoms in total. The van der Waals surface area contributed by atoms with Crippen molar-refractivity contribution >= 4 is 35.0 Å². The molecule has 0 saturated carbocycles. The molecule has 2 aliphatic rings. The van der Waals surface area contributed by atoms with Crippen LogP contribution in [0.5, 0.6) is 0 Å². The first-order chi connectivity index (χ1) is 6.57. The summed E-state index contributed by atoms with van der Waals surface area (Å²) in [6, 6.07) is 0.595. The number of nitrogens with two attached hydrogens (primary N) is 1. The molecule has 0 aliphatic carbocycles. The van der Waals surface area contributed by atoms with Gasteiger partial charge in [0.15, 0.2) is 0 Å². The summed E-state index contributed by atoms with van der Waals surface area (Å²) in [6.45, 7) is 4.68. The molecule has 0 atom stereocenters. The van der Waals surface area contributed by atoms with E-state index in [-0.39, 0.29) is 24.8 Å². The van der Waals surface area contributed by atoms with E-state index in [2.05, 4.69) is 10.2 Å². The highest BCUT2D eigenvalue weighted by atomic mass is 35.5. The van der Waals surface area contributed by atoms with Gasteiger partial charge in [-0.3, -0.25) is 4.90 Å². The first-order valence-corrected chi connectivity index (χ1v) is 6.30. The molecule has 0 spiro atoms. The van der Waals surface area contributed by atoms with Crippen molar-refractivity contribution in [3.05, 3.63) is 0 Å². The lowest BCUT2D eigenvalue weighted by Crippen LogP contribution is -2.62. The number of nitrogens with zero attached hydrogens (tertiary/aromatic N) is 2. The third-order valence-electron chi connectivity index (χ3n) is 2.91. The minimum atomic E-state index is -3.47. The van der Waals surface area contributed by atoms with Gasteiger partial charge in [-0.1, -0.05) is 0 Å². The molecule has 0 unspecified atom stereocenters. The molecule has 2 rings (SSSR count). The molecule has 0 aromatic rings. The van der Waals surface area contributed by atoms with Crippen LogP contribution in [0.25, 0.3) is 0 Å². The number of rotatable bonds is 2. The maximum Gasteiger partial charge on any atom is 0.276 e. The van der Waals surface area contributed by atoms with Gasteiger partial charge in [-0.25, -0.2) is 5.14 Å². The van der Waals surface area contributed by atoms with Crippen LogP contribution in [-0.4, -0.2) is 62.9 Å². The average Bonchev–Trinajstić information content (AvgIpc) is 2.00. The van der Waals surface area contributed by atoms with Crippen molar-refractivity contribution in [2.24, 2.45) is 5.14 Å². The van der Waals surface area contributed by atoms with E-state index < -0.39 is 10.2 Å². The van der Waals surface area contributed by atoms with E-state index in [9.17, 15) is 8.42 Å². The third-order valence-corrected chi connectivity index (χ3v) is 3.99. The summed E-state index contributed by atoms with van der Waals surface area (Å²) in [5.74, 6) is 0. The Bertz CT molecular complexity index is 302. The molecule has 0 bridgehead atoms. The predicted octanol–water partition coefficient (Wildman–Crippen LogP) is -1.38. The van der Waals surface area contributed by atoms with E-state index in [1.165, 1.54) is 4.31 Å². The molecule has 2 fully saturated rings. The summed E-state index contributed by atoms with van der Waals surface area (Å²) >= 11 is 0. The van der Waals surface area contributed by atoms with Crippen molar-refractivity contribution in [3.8, 4) is 0 Å². The second kappa shape index (κ2) is 6.34. The van der Waals surface area contributed by atoms with Crippen LogP contribution in [0.15, 0.2) is 0 Å². The fraction of sp³-hybridized carbons (Fsp3) is 1.00. The van der Waals surface area contributed by atoms with E-state index in [1.54, 1.807) is 0 Å². The first-order valence-electron chi connectivity index (χ1n) is 4.80. The molecule has 3 N–H and O–H groups in total. The van der Waals surface area contributed by atoms with Gasteiger partial charge >= 0.3 is 0 Å². The predicted molar refractivity (Wildman–Crippen MR) is 67.4 cm³/mol. The van der Waals surface area contributed by atoms with Crippen LogP contribution in [-0.2, 0) is 10.2 Å². The minimum Gasteiger partial charge on any atom is -0.314 e. The van der Waals surface area contributed by atoms with Crippen LogP contribution in [0.2, 0.25) is 0 Å². The molecular weight excluding hydrogens is 275 g/mol. The van der Waals surface area contributed by atoms with E-state index in [0.717, 1.165) is 26.2 Å². The van der Waals surface area contributed by atoms with Gasteiger partial charge in [0, 0.05) is 45.3 Å². The quantitative estimate of drug-likeness (QED) is 0.658. The van der Waals surface area contributed by atoms with E-state index in [0.29, 0.717) is 19.1 Å². The fourth-order valence-corrected chi connectivity index (χ4v) is 2.53. The second-order valence-electron chi connectivity index (χ2n) is 3.79. The Morgan fingerprint density at radius 3 is 1.88 bits per heavy atom. The van der Waals surface area contributed by atoms with Gasteiger partial charge in [0.2, 0.25) is 0 Å². The molecule has 2 saturated heterocycles. The van der Waals surface area contributed by atoms with Gasteiger partial charge in [-0.2, -0.15) is 12.7 Å². The molecule has 2 aliphatic heterocycles. The first kappa shape index (κ1) is 16.4. The van der Waals surface area contributed by atoms with Crippen molar-refractivity contribution < 1.29 is 8.42 Å². The summed E-state index contributed by atoms with van der Waals surface area (Å²) in [6.07, 6.45) is 0. The van der Waals surface area contributed by atoms with Gasteiger partial charge in [0.1, 0.15) is 0 Å². The van der Waals surface area contributed by atoms with Crippen molar-refractivity contribution in [2.75, 3.05) is 39.3 Å². The van der Waals surface area contributed by atoms with Crippen LogP contribution in [0.1, 0.15) is 0 Å². The van der Waals surface area contributed by atoms with E-state index in [4.69, 9.17) is 5.14 Å². The highest BCUT2D eigenvalue weighted by Gasteiger charge is 2.30. The van der Waals surface area contributed by atoms with Gasteiger partial charge < -0.3 is 5.32 Å². The number of halogens is 2. The molecule has 2 heterocycles. The highest BCUT2D eigenvalue weighted by molar-refractivity contribution is 7.86. The maximum absolute atomic E-state index is 11.0. The van der Waals surface area contributed by atoms with Crippen LogP contribution < -0.4 is 10.5 Å². The Balaban J connectivity index is 0.00000112. The summed E-state index contributed by atoms with van der Waals surface area (Å²) in [4.78, 5) is 2.32. The molecular formula is C7H18Cl2N4O2S. The Labute approximate surface area is 109 Å². The molecule has 0 aromatic heterocycles. The van der Waals surface area contributed by atoms with Gasteiger partial charge in [0.25, 0.3) is 10.2 Å². The number of nitrogens with one attached hydrogen (secondary N) is 1. The molecule has 0 amide bonds. The molecule has 0 radical (unpaired) electrons. The number of hydrogen-bond donors (Lipinski definition) is 2. The standard InChI is InChI=1S/C7H16N4O2S.2ClH/c8-14(12,13)11-3-1-10(2-4-11)7-5-9-6-7;;/h7,9H,1-6H2,(H2,8,12,13);2*1H. The summed E-state index contributed by atoms with van der Waals surface area (Å²) in [7, 11) is -3.47. The summed E-state index contributed by atoms with van der Waals surface area (Å²) < 4.78 is 23.4. The lowest BCUT2D eigenvalue weighted by Gasteiger charge is -2.42. The van der Waals surface area contributed by atoms with Crippen molar-refractivity contribution in [1.29, 1.82) is 0 Å². The SMILES string of the molecule is Cl.Cl.NS(=O)(=O)N1CCN(C2CNC2)CC1. The number of piperazine rings is 1. The van der Waals surface area contributed by atoms with Crippen molar-refractivity contribution in [3.63, 3.8) is 0 Å². The largest absolute Gasteiger partial charge is 0.314 e. The number of hydrogen-bond acceptors (Lipinski definition) is 4. The van der Waals surface area contributed by atoms with Crippen LogP contribution in [0, 0.1) is 0 Å². The lowest BCUT2D eigenvalue weighted by molar-refractivity contribution is 0.103. The summed E-state index contributed by atoms with van der Waals surface area (Å²) in [5.41, 5.74) is 0. The fourth-order valence-electron chi connectivity index (χ4n) is 1.85. The van der Waals surface area contributed by atoms with E-state index >= 15 is 0 Å². The average molecular weight is 293 g/mol. The second-order valence-corrected chi connectivity index (χ2v) is 5.34. The summed E-state index contributed by atoms with van der Waals surface area (Å²) in [5, 5.41) is 8.25. The monoisotopic (exact) mass is 292 g/mol. The topological polar surface area (TPSA) is 78.7 Å². The molecule has 98 valence electrons. The molecule has 16 heavy (non-hydrogen) atoms. The third kappa shape index (κ3) is 3.69. The Hall–Kier alpha value is 0.370. The van der Waals surface area contributed by atoms with Crippen LogP contribution >= 0.6 is 24.8 Å². The zero-order valence-electron chi connectivity index (χ0n) is 8.83.